The van der Waals surface area contributed by atoms with Crippen LogP contribution in [0.25, 0.3) is 43.4 Å². The summed E-state index contributed by atoms with van der Waals surface area (Å²) in [5.74, 6) is 0.753. The second kappa shape index (κ2) is 15.7. The Morgan fingerprint density at radius 1 is 0.468 bits per heavy atom. The van der Waals surface area contributed by atoms with Crippen molar-refractivity contribution in [1.29, 1.82) is 0 Å². The van der Waals surface area contributed by atoms with E-state index in [1.54, 1.807) is 30.7 Å². The Kier molecular flexibility index (Phi) is 10.0. The SMILES string of the molecule is O=S(=O)(c1cccc2ccccc12)n1cc(C2CCN3CCCC3C2)c2ccncc21.O=S(=O)(c1cccc2ccccc12)n1cc(C2CCN3CCCC3C2)c2cnccc21. The van der Waals surface area contributed by atoms with Crippen molar-refractivity contribution in [3.63, 3.8) is 0 Å². The monoisotopic (exact) mass is 862 g/mol. The van der Waals surface area contributed by atoms with E-state index in [0.717, 1.165) is 82.2 Å². The van der Waals surface area contributed by atoms with Crippen molar-refractivity contribution in [3.05, 3.63) is 145 Å². The first-order chi connectivity index (χ1) is 30.3. The topological polar surface area (TPSA) is 110 Å². The summed E-state index contributed by atoms with van der Waals surface area (Å²) in [5.41, 5.74) is 3.65. The highest BCUT2D eigenvalue weighted by Crippen LogP contribution is 2.42. The van der Waals surface area contributed by atoms with Gasteiger partial charge in [0.1, 0.15) is 0 Å². The lowest BCUT2D eigenvalue weighted by atomic mass is 9.85. The Morgan fingerprint density at radius 3 is 1.56 bits per heavy atom. The van der Waals surface area contributed by atoms with Crippen molar-refractivity contribution < 1.29 is 16.8 Å². The van der Waals surface area contributed by atoms with Gasteiger partial charge in [-0.25, -0.2) is 24.8 Å². The molecule has 0 spiro atoms. The number of rotatable bonds is 6. The standard InChI is InChI=1S/2C25H25N3O2S/c29-31(30,25-9-3-6-18-5-1-2-8-21(18)25)28-17-23(22-16-26-12-10-24(22)28)19-11-14-27-13-4-7-20(27)15-19;29-31(30,25-9-3-6-18-5-1-2-8-21(18)25)28-17-23(22-10-12-26-16-24(22)28)19-11-14-27-13-4-7-20(27)15-19/h2*1-3,5-6,8-10,12,16-17,19-20H,4,7,11,13-15H2. The van der Waals surface area contributed by atoms with E-state index >= 15 is 0 Å². The van der Waals surface area contributed by atoms with Crippen LogP contribution >= 0.6 is 0 Å². The molecular formula is C50H50N6O4S2. The quantitative estimate of drug-likeness (QED) is 0.163. The van der Waals surface area contributed by atoms with Gasteiger partial charge < -0.3 is 9.80 Å². The number of hydrogen-bond acceptors (Lipinski definition) is 8. The van der Waals surface area contributed by atoms with Gasteiger partial charge in [0.25, 0.3) is 20.0 Å². The molecule has 4 unspecified atom stereocenters. The van der Waals surface area contributed by atoms with E-state index in [2.05, 4.69) is 19.8 Å². The minimum absolute atomic E-state index is 0.337. The van der Waals surface area contributed by atoms with E-state index in [0.29, 0.717) is 44.7 Å². The van der Waals surface area contributed by atoms with Crippen molar-refractivity contribution in [2.24, 2.45) is 0 Å². The highest BCUT2D eigenvalue weighted by molar-refractivity contribution is 7.90. The molecule has 316 valence electrons. The van der Waals surface area contributed by atoms with Crippen LogP contribution in [0.5, 0.6) is 0 Å². The molecular weight excluding hydrogens is 813 g/mol. The molecule has 0 radical (unpaired) electrons. The fourth-order valence-corrected chi connectivity index (χ4v) is 14.4. The number of nitrogens with zero attached hydrogens (tertiary/aromatic N) is 6. The normalized spacial score (nSPS) is 22.2. The summed E-state index contributed by atoms with van der Waals surface area (Å²) in [5, 5.41) is 5.32. The van der Waals surface area contributed by atoms with Gasteiger partial charge in [0.2, 0.25) is 0 Å². The predicted molar refractivity (Wildman–Crippen MR) is 246 cm³/mol. The molecule has 4 saturated heterocycles. The Morgan fingerprint density at radius 2 is 0.968 bits per heavy atom. The Balaban J connectivity index is 0.000000139. The number of pyridine rings is 2. The van der Waals surface area contributed by atoms with Gasteiger partial charge in [-0.2, -0.15) is 0 Å². The first-order valence-electron chi connectivity index (χ1n) is 22.1. The van der Waals surface area contributed by atoms with E-state index < -0.39 is 20.0 Å². The van der Waals surface area contributed by atoms with Gasteiger partial charge in [-0.3, -0.25) is 9.97 Å². The van der Waals surface area contributed by atoms with E-state index in [-0.39, 0.29) is 0 Å². The summed E-state index contributed by atoms with van der Waals surface area (Å²) < 4.78 is 58.4. The number of fused-ring (bicyclic) bond motifs is 6. The summed E-state index contributed by atoms with van der Waals surface area (Å²) in [6, 6.07) is 31.3. The van der Waals surface area contributed by atoms with Crippen LogP contribution in [0.3, 0.4) is 0 Å². The molecule has 4 fully saturated rings. The fraction of sp³-hybridized carbons (Fsp3) is 0.320. The number of benzene rings is 4. The van der Waals surface area contributed by atoms with Crippen molar-refractivity contribution in [2.45, 2.75) is 85.1 Å². The molecule has 12 rings (SSSR count). The molecule has 0 bridgehead atoms. The third-order valence-electron chi connectivity index (χ3n) is 14.3. The summed E-state index contributed by atoms with van der Waals surface area (Å²) in [4.78, 5) is 14.5. The highest BCUT2D eigenvalue weighted by atomic mass is 32.2. The van der Waals surface area contributed by atoms with Gasteiger partial charge >= 0.3 is 0 Å². The maximum atomic E-state index is 13.9. The lowest BCUT2D eigenvalue weighted by molar-refractivity contribution is 0.181. The van der Waals surface area contributed by atoms with Crippen LogP contribution in [-0.4, -0.2) is 82.8 Å². The smallest absolute Gasteiger partial charge is 0.268 e. The minimum atomic E-state index is -3.76. The van der Waals surface area contributed by atoms with Crippen LogP contribution in [0.15, 0.2) is 144 Å². The third kappa shape index (κ3) is 6.74. The summed E-state index contributed by atoms with van der Waals surface area (Å²) in [6.07, 6.45) is 20.1. The molecule has 8 heterocycles. The number of aromatic nitrogens is 4. The summed E-state index contributed by atoms with van der Waals surface area (Å²) >= 11 is 0. The van der Waals surface area contributed by atoms with Gasteiger partial charge in [-0.15, -0.1) is 0 Å². The van der Waals surface area contributed by atoms with Gasteiger partial charge in [0, 0.05) is 64.6 Å². The van der Waals surface area contributed by atoms with E-state index in [9.17, 15) is 16.8 Å². The second-order valence-corrected chi connectivity index (χ2v) is 21.2. The van der Waals surface area contributed by atoms with Gasteiger partial charge in [0.05, 0.1) is 27.0 Å². The molecule has 10 nitrogen and oxygen atoms in total. The molecule has 62 heavy (non-hydrogen) atoms. The molecule has 4 aromatic carbocycles. The van der Waals surface area contributed by atoms with E-state index in [4.69, 9.17) is 0 Å². The molecule has 4 aliphatic heterocycles. The van der Waals surface area contributed by atoms with E-state index in [1.807, 2.05) is 104 Å². The molecule has 0 N–H and O–H groups in total. The molecule has 8 aromatic rings. The van der Waals surface area contributed by atoms with Gasteiger partial charge in [-0.1, -0.05) is 72.8 Å². The molecule has 0 amide bonds. The lowest BCUT2D eigenvalue weighted by Crippen LogP contribution is -2.37. The first-order valence-corrected chi connectivity index (χ1v) is 25.0. The average Bonchev–Trinajstić information content (AvgIpc) is 4.14. The Bertz CT molecular complexity index is 2990. The molecule has 12 heteroatoms. The van der Waals surface area contributed by atoms with Crippen molar-refractivity contribution in [1.82, 2.24) is 27.7 Å². The Hall–Kier alpha value is -5.40. The predicted octanol–water partition coefficient (Wildman–Crippen LogP) is 9.54. The zero-order valence-corrected chi connectivity index (χ0v) is 36.3. The fourth-order valence-electron chi connectivity index (χ4n) is 11.3. The van der Waals surface area contributed by atoms with Crippen molar-refractivity contribution in [2.75, 3.05) is 26.2 Å². The van der Waals surface area contributed by atoms with Crippen LogP contribution in [0.4, 0.5) is 0 Å². The lowest BCUT2D eigenvalue weighted by Gasteiger charge is -2.34. The average molecular weight is 863 g/mol. The van der Waals surface area contributed by atoms with Crippen LogP contribution in [-0.2, 0) is 20.0 Å². The molecule has 4 aliphatic rings. The van der Waals surface area contributed by atoms with Gasteiger partial charge in [0.15, 0.2) is 0 Å². The summed E-state index contributed by atoms with van der Waals surface area (Å²) in [7, 11) is -7.51. The van der Waals surface area contributed by atoms with Crippen molar-refractivity contribution >= 4 is 63.4 Å². The van der Waals surface area contributed by atoms with Crippen molar-refractivity contribution in [3.8, 4) is 0 Å². The zero-order valence-electron chi connectivity index (χ0n) is 34.6. The molecule has 4 atom stereocenters. The van der Waals surface area contributed by atoms with Crippen LogP contribution in [0, 0.1) is 0 Å². The third-order valence-corrected chi connectivity index (χ3v) is 17.8. The molecule has 4 aromatic heterocycles. The molecule has 0 saturated carbocycles. The zero-order chi connectivity index (χ0) is 42.0. The summed E-state index contributed by atoms with van der Waals surface area (Å²) in [6.45, 7) is 4.61. The first kappa shape index (κ1) is 39.4. The van der Waals surface area contributed by atoms with Crippen LogP contribution in [0.2, 0.25) is 0 Å². The maximum absolute atomic E-state index is 13.9. The number of piperidine rings is 2. The highest BCUT2D eigenvalue weighted by Gasteiger charge is 2.36. The molecule has 0 aliphatic carbocycles. The second-order valence-electron chi connectivity index (χ2n) is 17.6. The largest absolute Gasteiger partial charge is 0.300 e. The van der Waals surface area contributed by atoms with Gasteiger partial charge in [-0.05, 0) is 136 Å². The van der Waals surface area contributed by atoms with E-state index in [1.165, 1.54) is 46.7 Å². The maximum Gasteiger partial charge on any atom is 0.268 e. The number of hydrogen-bond donors (Lipinski definition) is 0. The van der Waals surface area contributed by atoms with Crippen LogP contribution < -0.4 is 0 Å². The van der Waals surface area contributed by atoms with Crippen LogP contribution in [0.1, 0.15) is 74.3 Å². The Labute approximate surface area is 362 Å². The minimum Gasteiger partial charge on any atom is -0.300 e.